The highest BCUT2D eigenvalue weighted by molar-refractivity contribution is 5.97. The van der Waals surface area contributed by atoms with Crippen molar-refractivity contribution in [3.8, 4) is 0 Å². The zero-order valence-electron chi connectivity index (χ0n) is 22.6. The summed E-state index contributed by atoms with van der Waals surface area (Å²) in [5, 5.41) is 0. The molecule has 0 spiro atoms. The van der Waals surface area contributed by atoms with Crippen molar-refractivity contribution in [1.29, 1.82) is 0 Å². The summed E-state index contributed by atoms with van der Waals surface area (Å²) in [6, 6.07) is 31.3. The van der Waals surface area contributed by atoms with E-state index in [-0.39, 0.29) is 23.4 Å². The predicted molar refractivity (Wildman–Crippen MR) is 154 cm³/mol. The maximum atomic E-state index is 14.7. The van der Waals surface area contributed by atoms with Crippen LogP contribution in [0.3, 0.4) is 0 Å². The van der Waals surface area contributed by atoms with Gasteiger partial charge in [0, 0.05) is 12.3 Å². The fourth-order valence-corrected chi connectivity index (χ4v) is 7.31. The van der Waals surface area contributed by atoms with Gasteiger partial charge in [-0.1, -0.05) is 97.4 Å². The van der Waals surface area contributed by atoms with E-state index in [1.54, 1.807) is 13.1 Å². The van der Waals surface area contributed by atoms with Gasteiger partial charge in [0.2, 0.25) is 0 Å². The maximum absolute atomic E-state index is 14.7. The maximum Gasteiger partial charge on any atom is 0.184 e. The number of carbonyl (C=O) groups excluding carboxylic acids is 2. The van der Waals surface area contributed by atoms with Crippen LogP contribution >= 0.6 is 0 Å². The molecule has 2 fully saturated rings. The normalized spacial score (nSPS) is 21.4. The van der Waals surface area contributed by atoms with Crippen LogP contribution in [0.1, 0.15) is 72.6 Å². The van der Waals surface area contributed by atoms with Crippen LogP contribution in [0.2, 0.25) is 0 Å². The summed E-state index contributed by atoms with van der Waals surface area (Å²) in [6.45, 7) is 1.69. The molecular weight excluding hydrogens is 480 g/mol. The second-order valence-corrected chi connectivity index (χ2v) is 11.4. The quantitative estimate of drug-likeness (QED) is 0.173. The second kappa shape index (κ2) is 10.8. The Morgan fingerprint density at radius 3 is 1.82 bits per heavy atom. The van der Waals surface area contributed by atoms with Crippen molar-refractivity contribution in [2.45, 2.75) is 51.0 Å². The number of rotatable bonds is 9. The molecule has 2 aliphatic rings. The first-order chi connectivity index (χ1) is 19.1. The van der Waals surface area contributed by atoms with Crippen molar-refractivity contribution in [3.05, 3.63) is 126 Å². The Morgan fingerprint density at radius 2 is 1.33 bits per heavy atom. The predicted octanol–water partition coefficient (Wildman–Crippen LogP) is 7.33. The van der Waals surface area contributed by atoms with Crippen molar-refractivity contribution < 1.29 is 9.59 Å². The average molecular weight is 517 g/mol. The Labute approximate surface area is 231 Å². The van der Waals surface area contributed by atoms with Gasteiger partial charge in [-0.3, -0.25) is 4.79 Å². The molecular formula is C35H36N2O2. The highest BCUT2D eigenvalue weighted by atomic mass is 16.1. The Balaban J connectivity index is 1.53. The number of aromatic nitrogens is 2. The van der Waals surface area contributed by atoms with Gasteiger partial charge < -0.3 is 9.36 Å². The minimum atomic E-state index is -0.770. The average Bonchev–Trinajstić information content (AvgIpc) is 3.70. The summed E-state index contributed by atoms with van der Waals surface area (Å²) in [6.07, 6.45) is 9.46. The number of nitrogens with zero attached hydrogens (tertiary/aromatic N) is 2. The first kappa shape index (κ1) is 25.5. The fourth-order valence-electron chi connectivity index (χ4n) is 7.31. The Bertz CT molecular complexity index is 1330. The Kier molecular flexibility index (Phi) is 7.03. The van der Waals surface area contributed by atoms with Gasteiger partial charge in [0.15, 0.2) is 5.78 Å². The van der Waals surface area contributed by atoms with Crippen molar-refractivity contribution in [1.82, 2.24) is 9.55 Å². The molecule has 4 heteroatoms. The van der Waals surface area contributed by atoms with E-state index in [1.165, 1.54) is 12.8 Å². The minimum absolute atomic E-state index is 0.0777. The molecule has 4 aromatic rings. The molecule has 0 bridgehead atoms. The zero-order chi connectivity index (χ0) is 26.8. The van der Waals surface area contributed by atoms with Gasteiger partial charge in [-0.25, -0.2) is 4.98 Å². The van der Waals surface area contributed by atoms with Crippen LogP contribution in [-0.2, 0) is 10.3 Å². The third-order valence-electron chi connectivity index (χ3n) is 8.98. The highest BCUT2D eigenvalue weighted by Gasteiger charge is 2.48. The molecule has 6 rings (SSSR count). The number of imidazole rings is 1. The number of hydrogen-bond donors (Lipinski definition) is 0. The molecule has 1 unspecified atom stereocenters. The van der Waals surface area contributed by atoms with Crippen LogP contribution in [-0.4, -0.2) is 21.1 Å². The third-order valence-corrected chi connectivity index (χ3v) is 8.98. The largest absolute Gasteiger partial charge is 0.309 e. The van der Waals surface area contributed by atoms with E-state index >= 15 is 0 Å². The van der Waals surface area contributed by atoms with E-state index in [0.29, 0.717) is 24.0 Å². The van der Waals surface area contributed by atoms with Crippen molar-refractivity contribution in [2.75, 3.05) is 0 Å². The molecule has 2 aliphatic carbocycles. The molecule has 0 aliphatic heterocycles. The molecule has 0 N–H and O–H groups in total. The number of benzene rings is 3. The molecule has 39 heavy (non-hydrogen) atoms. The Morgan fingerprint density at radius 1 is 0.795 bits per heavy atom. The van der Waals surface area contributed by atoms with Gasteiger partial charge in [0.25, 0.3) is 0 Å². The zero-order valence-corrected chi connectivity index (χ0v) is 22.6. The fraction of sp³-hybridized carbons (Fsp3) is 0.343. The molecule has 0 amide bonds. The van der Waals surface area contributed by atoms with Gasteiger partial charge in [-0.15, -0.1) is 0 Å². The summed E-state index contributed by atoms with van der Waals surface area (Å²) in [7, 11) is 0. The monoisotopic (exact) mass is 516 g/mol. The van der Waals surface area contributed by atoms with Crippen LogP contribution < -0.4 is 0 Å². The second-order valence-electron chi connectivity index (χ2n) is 11.4. The summed E-state index contributed by atoms with van der Waals surface area (Å²) in [5.41, 5.74) is 3.10. The van der Waals surface area contributed by atoms with E-state index in [9.17, 15) is 9.59 Å². The molecule has 4 nitrogen and oxygen atoms in total. The lowest BCUT2D eigenvalue weighted by atomic mass is 9.66. The summed E-state index contributed by atoms with van der Waals surface area (Å²) >= 11 is 0. The first-order valence-corrected chi connectivity index (χ1v) is 14.3. The number of carbonyl (C=O) groups is 2. The minimum Gasteiger partial charge on any atom is -0.309 e. The molecule has 0 saturated heterocycles. The van der Waals surface area contributed by atoms with E-state index in [0.717, 1.165) is 36.0 Å². The standard InChI is InChI=1S/C35H36N2O2/c1-25(38)22-27-12-11-19-31(33(27)26-20-21-26)34(39)32-23-36-24-37(32)35(28-13-5-2-6-14-28,29-15-7-3-8-16-29)30-17-9-4-10-18-30/h2-10,13-18,23-24,26-27,31,33H,11-12,19-22H2,1H3/t27?,31-,33+/m0/s1. The van der Waals surface area contributed by atoms with Gasteiger partial charge >= 0.3 is 0 Å². The Hall–Kier alpha value is -3.79. The van der Waals surface area contributed by atoms with Crippen molar-refractivity contribution in [2.24, 2.45) is 23.7 Å². The number of hydrogen-bond acceptors (Lipinski definition) is 3. The summed E-state index contributed by atoms with van der Waals surface area (Å²) in [5.74, 6) is 1.47. The highest BCUT2D eigenvalue weighted by Crippen LogP contribution is 2.52. The van der Waals surface area contributed by atoms with Gasteiger partial charge in [-0.05, 0) is 67.1 Å². The van der Waals surface area contributed by atoms with Crippen LogP contribution in [0.15, 0.2) is 104 Å². The number of Topliss-reactive ketones (excluding diaryl/α,β-unsaturated/α-hetero) is 2. The molecule has 2 saturated carbocycles. The van der Waals surface area contributed by atoms with Crippen molar-refractivity contribution >= 4 is 11.6 Å². The number of ketones is 2. The van der Waals surface area contributed by atoms with Crippen LogP contribution in [0.5, 0.6) is 0 Å². The van der Waals surface area contributed by atoms with Crippen LogP contribution in [0.4, 0.5) is 0 Å². The molecule has 198 valence electrons. The SMILES string of the molecule is CC(=O)CC1CCC[C@H](C(=O)c2cncn2C(c2ccccc2)(c2ccccc2)c2ccccc2)[C@@H]1C1CC1. The molecule has 3 aromatic carbocycles. The molecule has 1 heterocycles. The first-order valence-electron chi connectivity index (χ1n) is 14.3. The van der Waals surface area contributed by atoms with Gasteiger partial charge in [0.1, 0.15) is 17.0 Å². The molecule has 3 atom stereocenters. The van der Waals surface area contributed by atoms with Crippen LogP contribution in [0, 0.1) is 23.7 Å². The summed E-state index contributed by atoms with van der Waals surface area (Å²) in [4.78, 5) is 31.4. The lowest BCUT2D eigenvalue weighted by Crippen LogP contribution is -2.41. The molecule has 1 aromatic heterocycles. The van der Waals surface area contributed by atoms with E-state index in [2.05, 4.69) is 82.3 Å². The van der Waals surface area contributed by atoms with E-state index in [4.69, 9.17) is 0 Å². The third kappa shape index (κ3) is 4.67. The summed E-state index contributed by atoms with van der Waals surface area (Å²) < 4.78 is 2.12. The van der Waals surface area contributed by atoms with E-state index in [1.807, 2.05) is 24.5 Å². The topological polar surface area (TPSA) is 52.0 Å². The van der Waals surface area contributed by atoms with Crippen LogP contribution in [0.25, 0.3) is 0 Å². The van der Waals surface area contributed by atoms with Crippen molar-refractivity contribution in [3.63, 3.8) is 0 Å². The molecule has 0 radical (unpaired) electrons. The van der Waals surface area contributed by atoms with E-state index < -0.39 is 5.54 Å². The van der Waals surface area contributed by atoms with Gasteiger partial charge in [0.05, 0.1) is 12.5 Å². The van der Waals surface area contributed by atoms with Gasteiger partial charge in [-0.2, -0.15) is 0 Å². The lowest BCUT2D eigenvalue weighted by Gasteiger charge is -2.40. The lowest BCUT2D eigenvalue weighted by molar-refractivity contribution is -0.118. The smallest absolute Gasteiger partial charge is 0.184 e.